The highest BCUT2D eigenvalue weighted by Gasteiger charge is 2.22. The van der Waals surface area contributed by atoms with Crippen LogP contribution in [0.2, 0.25) is 0 Å². The highest BCUT2D eigenvalue weighted by atomic mass is 32.2. The second-order valence-corrected chi connectivity index (χ2v) is 6.92. The lowest BCUT2D eigenvalue weighted by Gasteiger charge is -2.19. The second-order valence-electron chi connectivity index (χ2n) is 4.87. The van der Waals surface area contributed by atoms with E-state index < -0.39 is 10.0 Å². The van der Waals surface area contributed by atoms with Crippen LogP contribution >= 0.6 is 0 Å². The SMILES string of the molecule is CN(CCC#N)S(=O)(=O)c1ccc2c(c1)CCCC2. The molecule has 1 aliphatic carbocycles. The van der Waals surface area contributed by atoms with Crippen molar-refractivity contribution in [1.29, 1.82) is 5.26 Å². The molecule has 0 N–H and O–H groups in total. The van der Waals surface area contributed by atoms with E-state index in [1.54, 1.807) is 12.1 Å². The molecule has 0 saturated heterocycles. The normalized spacial score (nSPS) is 15.0. The Kier molecular flexibility index (Phi) is 4.23. The Bertz CT molecular complexity index is 602. The first kappa shape index (κ1) is 14.0. The molecule has 0 bridgehead atoms. The third-order valence-corrected chi connectivity index (χ3v) is 5.42. The van der Waals surface area contributed by atoms with Crippen LogP contribution in [0.4, 0.5) is 0 Å². The second kappa shape index (κ2) is 5.72. The van der Waals surface area contributed by atoms with Crippen LogP contribution in [0.1, 0.15) is 30.4 Å². The molecule has 1 aliphatic rings. The standard InChI is InChI=1S/C14H18N2O2S/c1-16(10-4-9-15)19(17,18)14-8-7-12-5-2-3-6-13(12)11-14/h7-8,11H,2-6,10H2,1H3. The van der Waals surface area contributed by atoms with E-state index in [0.717, 1.165) is 24.8 Å². The number of fused-ring (bicyclic) bond motifs is 1. The molecule has 0 unspecified atom stereocenters. The lowest BCUT2D eigenvalue weighted by Crippen LogP contribution is -2.28. The van der Waals surface area contributed by atoms with Crippen molar-refractivity contribution in [2.24, 2.45) is 0 Å². The minimum absolute atomic E-state index is 0.209. The third kappa shape index (κ3) is 2.96. The Morgan fingerprint density at radius 3 is 2.63 bits per heavy atom. The Morgan fingerprint density at radius 2 is 1.95 bits per heavy atom. The number of nitrogens with zero attached hydrogens (tertiary/aromatic N) is 2. The van der Waals surface area contributed by atoms with Gasteiger partial charge in [0.05, 0.1) is 11.0 Å². The van der Waals surface area contributed by atoms with Crippen molar-refractivity contribution in [3.05, 3.63) is 29.3 Å². The maximum atomic E-state index is 12.3. The Morgan fingerprint density at radius 1 is 1.26 bits per heavy atom. The van der Waals surface area contributed by atoms with Crippen molar-refractivity contribution in [2.45, 2.75) is 37.0 Å². The van der Waals surface area contributed by atoms with Gasteiger partial charge in [-0.1, -0.05) is 6.07 Å². The zero-order valence-corrected chi connectivity index (χ0v) is 11.9. The Labute approximate surface area is 114 Å². The fraction of sp³-hybridized carbons (Fsp3) is 0.500. The van der Waals surface area contributed by atoms with Gasteiger partial charge in [-0.05, 0) is 48.9 Å². The number of rotatable bonds is 4. The molecule has 0 spiro atoms. The van der Waals surface area contributed by atoms with Gasteiger partial charge in [0.2, 0.25) is 10.0 Å². The quantitative estimate of drug-likeness (QED) is 0.847. The van der Waals surface area contributed by atoms with Crippen molar-refractivity contribution < 1.29 is 8.42 Å². The van der Waals surface area contributed by atoms with Crippen molar-refractivity contribution in [3.8, 4) is 6.07 Å². The lowest BCUT2D eigenvalue weighted by molar-refractivity contribution is 0.476. The van der Waals surface area contributed by atoms with Gasteiger partial charge in [0.25, 0.3) is 0 Å². The molecular weight excluding hydrogens is 260 g/mol. The summed E-state index contributed by atoms with van der Waals surface area (Å²) in [5.74, 6) is 0. The van der Waals surface area contributed by atoms with E-state index in [1.165, 1.54) is 23.3 Å². The summed E-state index contributed by atoms with van der Waals surface area (Å²) in [6.45, 7) is 0.232. The van der Waals surface area contributed by atoms with Gasteiger partial charge in [-0.2, -0.15) is 9.57 Å². The topological polar surface area (TPSA) is 61.2 Å². The molecule has 0 heterocycles. The highest BCUT2D eigenvalue weighted by Crippen LogP contribution is 2.25. The van der Waals surface area contributed by atoms with E-state index in [1.807, 2.05) is 12.1 Å². The van der Waals surface area contributed by atoms with Crippen LogP contribution in [0.5, 0.6) is 0 Å². The minimum atomic E-state index is -3.46. The van der Waals surface area contributed by atoms with E-state index >= 15 is 0 Å². The summed E-state index contributed by atoms with van der Waals surface area (Å²) in [4.78, 5) is 0.341. The van der Waals surface area contributed by atoms with E-state index in [0.29, 0.717) is 4.90 Å². The van der Waals surface area contributed by atoms with Crippen molar-refractivity contribution in [2.75, 3.05) is 13.6 Å². The average Bonchev–Trinajstić information content (AvgIpc) is 2.44. The molecule has 4 nitrogen and oxygen atoms in total. The Hall–Kier alpha value is -1.38. The lowest BCUT2D eigenvalue weighted by atomic mass is 9.92. The molecule has 0 atom stereocenters. The first-order valence-corrected chi connectivity index (χ1v) is 7.95. The monoisotopic (exact) mass is 278 g/mol. The summed E-state index contributed by atoms with van der Waals surface area (Å²) in [5.41, 5.74) is 2.42. The maximum Gasteiger partial charge on any atom is 0.242 e. The molecule has 0 aliphatic heterocycles. The van der Waals surface area contributed by atoms with Crippen LogP contribution in [0.25, 0.3) is 0 Å². The van der Waals surface area contributed by atoms with Crippen LogP contribution < -0.4 is 0 Å². The van der Waals surface area contributed by atoms with Gasteiger partial charge < -0.3 is 0 Å². The van der Waals surface area contributed by atoms with Gasteiger partial charge in [0.15, 0.2) is 0 Å². The summed E-state index contributed by atoms with van der Waals surface area (Å²) < 4.78 is 25.9. The number of benzene rings is 1. The van der Waals surface area contributed by atoms with Gasteiger partial charge in [-0.25, -0.2) is 8.42 Å². The molecule has 1 aromatic carbocycles. The zero-order valence-electron chi connectivity index (χ0n) is 11.1. The van der Waals surface area contributed by atoms with Crippen molar-refractivity contribution in [1.82, 2.24) is 4.31 Å². The molecule has 5 heteroatoms. The molecule has 0 fully saturated rings. The third-order valence-electron chi connectivity index (χ3n) is 3.57. The van der Waals surface area contributed by atoms with Gasteiger partial charge >= 0.3 is 0 Å². The van der Waals surface area contributed by atoms with Crippen LogP contribution in [-0.4, -0.2) is 26.3 Å². The predicted octanol–water partition coefficient (Wildman–Crippen LogP) is 2.10. The van der Waals surface area contributed by atoms with Crippen molar-refractivity contribution >= 4 is 10.0 Å². The van der Waals surface area contributed by atoms with Crippen molar-refractivity contribution in [3.63, 3.8) is 0 Å². The first-order valence-electron chi connectivity index (χ1n) is 6.51. The van der Waals surface area contributed by atoms with Crippen LogP contribution in [0.3, 0.4) is 0 Å². The zero-order chi connectivity index (χ0) is 13.9. The fourth-order valence-electron chi connectivity index (χ4n) is 2.38. The van der Waals surface area contributed by atoms with Gasteiger partial charge in [-0.15, -0.1) is 0 Å². The molecule has 0 saturated carbocycles. The molecular formula is C14H18N2O2S. The van der Waals surface area contributed by atoms with Gasteiger partial charge in [0, 0.05) is 20.0 Å². The summed E-state index contributed by atoms with van der Waals surface area (Å²) in [7, 11) is -1.94. The number of hydrogen-bond donors (Lipinski definition) is 0. The maximum absolute atomic E-state index is 12.3. The molecule has 2 rings (SSSR count). The van der Waals surface area contributed by atoms with E-state index in [2.05, 4.69) is 0 Å². The summed E-state index contributed by atoms with van der Waals surface area (Å²) in [6.07, 6.45) is 4.52. The van der Waals surface area contributed by atoms with Crippen LogP contribution in [-0.2, 0) is 22.9 Å². The first-order chi connectivity index (χ1) is 9.05. The minimum Gasteiger partial charge on any atom is -0.207 e. The van der Waals surface area contributed by atoms with E-state index in [4.69, 9.17) is 5.26 Å². The van der Waals surface area contributed by atoms with E-state index in [9.17, 15) is 8.42 Å². The number of aryl methyl sites for hydroxylation is 2. The predicted molar refractivity (Wildman–Crippen MR) is 73.1 cm³/mol. The molecule has 102 valence electrons. The largest absolute Gasteiger partial charge is 0.242 e. The molecule has 19 heavy (non-hydrogen) atoms. The average molecular weight is 278 g/mol. The molecule has 0 aromatic heterocycles. The molecule has 1 aromatic rings. The number of hydrogen-bond acceptors (Lipinski definition) is 3. The van der Waals surface area contributed by atoms with Crippen LogP contribution in [0, 0.1) is 11.3 Å². The highest BCUT2D eigenvalue weighted by molar-refractivity contribution is 7.89. The summed E-state index contributed by atoms with van der Waals surface area (Å²) >= 11 is 0. The summed E-state index contributed by atoms with van der Waals surface area (Å²) in [6, 6.07) is 7.38. The van der Waals surface area contributed by atoms with E-state index in [-0.39, 0.29) is 13.0 Å². The van der Waals surface area contributed by atoms with Crippen LogP contribution in [0.15, 0.2) is 23.1 Å². The fourth-order valence-corrected chi connectivity index (χ4v) is 3.60. The smallest absolute Gasteiger partial charge is 0.207 e. The molecule has 0 radical (unpaired) electrons. The Balaban J connectivity index is 2.28. The number of sulfonamides is 1. The van der Waals surface area contributed by atoms with Gasteiger partial charge in [0.1, 0.15) is 0 Å². The molecule has 0 amide bonds. The number of nitriles is 1. The summed E-state index contributed by atoms with van der Waals surface area (Å²) in [5, 5.41) is 8.54. The van der Waals surface area contributed by atoms with Gasteiger partial charge in [-0.3, -0.25) is 0 Å².